The van der Waals surface area contributed by atoms with Crippen LogP contribution in [0.3, 0.4) is 0 Å². The highest BCUT2D eigenvalue weighted by Crippen LogP contribution is 2.38. The molecule has 6 heteroatoms. The molecule has 0 radical (unpaired) electrons. The molecule has 0 atom stereocenters. The standard InChI is InChI=1S/C19H18N4O2/c1-9-5-6-15(24)11(3)17(9)23-14-7-10(2)13(22-4)8-12(14)16(18(23)20)19(21)25/h5-8,24H,20H2,1-3H3,(H2,21,25). The third-order valence-corrected chi connectivity index (χ3v) is 4.52. The number of fused-ring (bicyclic) bond motifs is 1. The Morgan fingerprint density at radius 1 is 1.20 bits per heavy atom. The van der Waals surface area contributed by atoms with E-state index in [1.807, 2.05) is 19.9 Å². The summed E-state index contributed by atoms with van der Waals surface area (Å²) in [5.41, 5.74) is 16.1. The molecule has 25 heavy (non-hydrogen) atoms. The third kappa shape index (κ3) is 2.29. The molecule has 2 aromatic carbocycles. The number of phenolic OH excluding ortho intramolecular Hbond substituents is 1. The molecule has 3 aromatic rings. The number of amides is 1. The van der Waals surface area contributed by atoms with E-state index in [-0.39, 0.29) is 17.1 Å². The average Bonchev–Trinajstić information content (AvgIpc) is 2.82. The van der Waals surface area contributed by atoms with Crippen molar-refractivity contribution in [3.8, 4) is 11.4 Å². The molecule has 0 spiro atoms. The predicted molar refractivity (Wildman–Crippen MR) is 98.3 cm³/mol. The number of nitrogen functional groups attached to an aromatic ring is 1. The molecular formula is C19H18N4O2. The number of aryl methyl sites for hydroxylation is 2. The van der Waals surface area contributed by atoms with Gasteiger partial charge in [-0.2, -0.15) is 0 Å². The zero-order valence-electron chi connectivity index (χ0n) is 14.2. The Kier molecular flexibility index (Phi) is 3.65. The van der Waals surface area contributed by atoms with Crippen LogP contribution in [0, 0.1) is 27.3 Å². The van der Waals surface area contributed by atoms with Gasteiger partial charge in [-0.3, -0.25) is 9.36 Å². The van der Waals surface area contributed by atoms with Crippen molar-refractivity contribution < 1.29 is 9.90 Å². The van der Waals surface area contributed by atoms with Crippen LogP contribution in [0.4, 0.5) is 11.5 Å². The predicted octanol–water partition coefficient (Wildman–Crippen LogP) is 3.49. The molecule has 0 saturated heterocycles. The van der Waals surface area contributed by atoms with Crippen LogP contribution in [-0.4, -0.2) is 15.6 Å². The highest BCUT2D eigenvalue weighted by molar-refractivity contribution is 6.12. The van der Waals surface area contributed by atoms with Gasteiger partial charge in [0.15, 0.2) is 5.69 Å². The van der Waals surface area contributed by atoms with E-state index in [9.17, 15) is 9.90 Å². The number of hydrogen-bond acceptors (Lipinski definition) is 3. The second-order valence-electron chi connectivity index (χ2n) is 6.10. The van der Waals surface area contributed by atoms with Gasteiger partial charge in [-0.1, -0.05) is 6.07 Å². The Balaban J connectivity index is 2.56. The molecule has 0 bridgehead atoms. The van der Waals surface area contributed by atoms with Crippen molar-refractivity contribution >= 4 is 28.3 Å². The number of phenols is 1. The molecular weight excluding hydrogens is 316 g/mol. The fraction of sp³-hybridized carbons (Fsp3) is 0.158. The third-order valence-electron chi connectivity index (χ3n) is 4.52. The Hall–Kier alpha value is -3.46. The lowest BCUT2D eigenvalue weighted by atomic mass is 10.1. The molecule has 0 aliphatic rings. The minimum absolute atomic E-state index is 0.136. The molecule has 0 saturated carbocycles. The molecule has 1 amide bonds. The first-order valence-electron chi connectivity index (χ1n) is 7.69. The first kappa shape index (κ1) is 16.4. The maximum absolute atomic E-state index is 12.0. The van der Waals surface area contributed by atoms with Crippen molar-refractivity contribution in [2.24, 2.45) is 5.73 Å². The molecule has 126 valence electrons. The van der Waals surface area contributed by atoms with Crippen molar-refractivity contribution in [1.29, 1.82) is 0 Å². The van der Waals surface area contributed by atoms with Gasteiger partial charge in [0.2, 0.25) is 0 Å². The Morgan fingerprint density at radius 2 is 1.88 bits per heavy atom. The Morgan fingerprint density at radius 3 is 2.48 bits per heavy atom. The number of benzene rings is 2. The van der Waals surface area contributed by atoms with Crippen LogP contribution in [0.25, 0.3) is 21.4 Å². The largest absolute Gasteiger partial charge is 0.508 e. The quantitative estimate of drug-likeness (QED) is 0.626. The van der Waals surface area contributed by atoms with Crippen LogP contribution in [-0.2, 0) is 0 Å². The summed E-state index contributed by atoms with van der Waals surface area (Å²) in [5.74, 6) is -0.325. The fourth-order valence-electron chi connectivity index (χ4n) is 3.24. The van der Waals surface area contributed by atoms with E-state index in [0.717, 1.165) is 11.1 Å². The van der Waals surface area contributed by atoms with E-state index in [4.69, 9.17) is 18.0 Å². The number of primary amides is 1. The van der Waals surface area contributed by atoms with Gasteiger partial charge in [0.25, 0.3) is 5.91 Å². The van der Waals surface area contributed by atoms with Gasteiger partial charge in [-0.25, -0.2) is 4.85 Å². The second kappa shape index (κ2) is 5.56. The minimum Gasteiger partial charge on any atom is -0.508 e. The van der Waals surface area contributed by atoms with E-state index in [0.29, 0.717) is 27.8 Å². The smallest absolute Gasteiger partial charge is 0.253 e. The van der Waals surface area contributed by atoms with Crippen molar-refractivity contribution in [1.82, 2.24) is 4.57 Å². The van der Waals surface area contributed by atoms with Gasteiger partial charge in [0, 0.05) is 10.9 Å². The van der Waals surface area contributed by atoms with Crippen molar-refractivity contribution in [2.75, 3.05) is 5.73 Å². The zero-order valence-corrected chi connectivity index (χ0v) is 14.2. The lowest BCUT2D eigenvalue weighted by Gasteiger charge is -2.16. The number of aromatic nitrogens is 1. The maximum Gasteiger partial charge on any atom is 0.253 e. The molecule has 6 nitrogen and oxygen atoms in total. The van der Waals surface area contributed by atoms with Crippen LogP contribution < -0.4 is 11.5 Å². The fourth-order valence-corrected chi connectivity index (χ4v) is 3.24. The number of rotatable bonds is 2. The second-order valence-corrected chi connectivity index (χ2v) is 6.10. The van der Waals surface area contributed by atoms with E-state index < -0.39 is 5.91 Å². The topological polar surface area (TPSA) is 98.6 Å². The summed E-state index contributed by atoms with van der Waals surface area (Å²) < 4.78 is 1.72. The van der Waals surface area contributed by atoms with Gasteiger partial charge in [-0.15, -0.1) is 0 Å². The van der Waals surface area contributed by atoms with Gasteiger partial charge < -0.3 is 16.6 Å². The van der Waals surface area contributed by atoms with Crippen molar-refractivity contribution in [3.05, 3.63) is 57.9 Å². The average molecular weight is 334 g/mol. The first-order chi connectivity index (χ1) is 11.8. The lowest BCUT2D eigenvalue weighted by molar-refractivity contribution is 0.100. The number of aromatic hydroxyl groups is 1. The first-order valence-corrected chi connectivity index (χ1v) is 7.69. The lowest BCUT2D eigenvalue weighted by Crippen LogP contribution is -2.14. The molecule has 0 aliphatic carbocycles. The van der Waals surface area contributed by atoms with E-state index in [1.165, 1.54) is 0 Å². The molecule has 0 fully saturated rings. The summed E-state index contributed by atoms with van der Waals surface area (Å²) in [6.45, 7) is 12.8. The number of carbonyl (C=O) groups is 1. The number of nitrogens with zero attached hydrogens (tertiary/aromatic N) is 2. The van der Waals surface area contributed by atoms with Crippen LogP contribution in [0.2, 0.25) is 0 Å². The molecule has 0 aliphatic heterocycles. The SMILES string of the molecule is [C-]#[N+]c1cc2c(C(N)=O)c(N)n(-c3c(C)ccc(O)c3C)c2cc1C. The minimum atomic E-state index is -0.656. The maximum atomic E-state index is 12.0. The number of hydrogen-bond donors (Lipinski definition) is 3. The number of carbonyl (C=O) groups excluding carboxylic acids is 1. The highest BCUT2D eigenvalue weighted by Gasteiger charge is 2.23. The highest BCUT2D eigenvalue weighted by atomic mass is 16.3. The van der Waals surface area contributed by atoms with Gasteiger partial charge >= 0.3 is 0 Å². The molecule has 0 unspecified atom stereocenters. The summed E-state index contributed by atoms with van der Waals surface area (Å²) in [7, 11) is 0. The van der Waals surface area contributed by atoms with Gasteiger partial charge in [0.1, 0.15) is 11.6 Å². The van der Waals surface area contributed by atoms with E-state index in [1.54, 1.807) is 29.7 Å². The summed E-state index contributed by atoms with van der Waals surface area (Å²) in [6, 6.07) is 6.85. The van der Waals surface area contributed by atoms with Crippen LogP contribution in [0.1, 0.15) is 27.0 Å². The molecule has 1 heterocycles. The summed E-state index contributed by atoms with van der Waals surface area (Å²) in [5, 5.41) is 10.6. The molecule has 5 N–H and O–H groups in total. The summed E-state index contributed by atoms with van der Waals surface area (Å²) in [6.07, 6.45) is 0. The number of anilines is 1. The van der Waals surface area contributed by atoms with Gasteiger partial charge in [-0.05, 0) is 50.1 Å². The normalized spacial score (nSPS) is 10.8. The van der Waals surface area contributed by atoms with Crippen LogP contribution >= 0.6 is 0 Å². The van der Waals surface area contributed by atoms with Crippen LogP contribution in [0.15, 0.2) is 24.3 Å². The summed E-state index contributed by atoms with van der Waals surface area (Å²) in [4.78, 5) is 15.5. The van der Waals surface area contributed by atoms with Crippen LogP contribution in [0.5, 0.6) is 5.75 Å². The summed E-state index contributed by atoms with van der Waals surface area (Å²) >= 11 is 0. The zero-order chi connectivity index (χ0) is 18.5. The molecule has 1 aromatic heterocycles. The Labute approximate surface area is 145 Å². The molecule has 3 rings (SSSR count). The van der Waals surface area contributed by atoms with E-state index in [2.05, 4.69) is 4.85 Å². The monoisotopic (exact) mass is 334 g/mol. The van der Waals surface area contributed by atoms with Crippen molar-refractivity contribution in [3.63, 3.8) is 0 Å². The van der Waals surface area contributed by atoms with Gasteiger partial charge in [0.05, 0.1) is 23.3 Å². The number of nitrogens with two attached hydrogens (primary N) is 2. The van der Waals surface area contributed by atoms with E-state index >= 15 is 0 Å². The van der Waals surface area contributed by atoms with Crippen molar-refractivity contribution in [2.45, 2.75) is 20.8 Å². The Bertz CT molecular complexity index is 1090.